The summed E-state index contributed by atoms with van der Waals surface area (Å²) in [6.45, 7) is 1.92. The topological polar surface area (TPSA) is 101 Å². The molecule has 7 nitrogen and oxygen atoms in total. The van der Waals surface area contributed by atoms with Crippen molar-refractivity contribution in [2.75, 3.05) is 6.54 Å². The molecule has 1 aliphatic heterocycles. The van der Waals surface area contributed by atoms with Crippen LogP contribution in [0.25, 0.3) is 0 Å². The van der Waals surface area contributed by atoms with Gasteiger partial charge in [-0.1, -0.05) is 5.16 Å². The SMILES string of the molecule is Cc1cc(CS(=O)(=O)N2CCCC[C@H]2C(=O)O)no1. The largest absolute Gasteiger partial charge is 0.480 e. The van der Waals surface area contributed by atoms with Gasteiger partial charge in [0.2, 0.25) is 10.0 Å². The van der Waals surface area contributed by atoms with Gasteiger partial charge in [-0.05, 0) is 26.2 Å². The zero-order valence-corrected chi connectivity index (χ0v) is 11.4. The Morgan fingerprint density at radius 1 is 1.58 bits per heavy atom. The molecule has 0 aliphatic carbocycles. The number of piperidine rings is 1. The van der Waals surface area contributed by atoms with Gasteiger partial charge in [0.15, 0.2) is 0 Å². The molecule has 1 atom stereocenters. The summed E-state index contributed by atoms with van der Waals surface area (Å²) in [5, 5.41) is 12.7. The van der Waals surface area contributed by atoms with Crippen LogP contribution in [0, 0.1) is 6.92 Å². The normalized spacial score (nSPS) is 21.4. The Hall–Kier alpha value is -1.41. The standard InChI is InChI=1S/C11H16N2O5S/c1-8-6-9(12-18-8)7-19(16,17)13-5-3-2-4-10(13)11(14)15/h6,10H,2-5,7H2,1H3,(H,14,15)/t10-/m0/s1. The number of carboxylic acids is 1. The minimum absolute atomic E-state index is 0.246. The van der Waals surface area contributed by atoms with Crippen molar-refractivity contribution >= 4 is 16.0 Å². The summed E-state index contributed by atoms with van der Waals surface area (Å²) in [6, 6.07) is 0.573. The summed E-state index contributed by atoms with van der Waals surface area (Å²) in [4.78, 5) is 11.1. The van der Waals surface area contributed by atoms with Gasteiger partial charge in [0.1, 0.15) is 23.2 Å². The van der Waals surface area contributed by atoms with E-state index in [1.807, 2.05) is 0 Å². The highest BCUT2D eigenvalue weighted by molar-refractivity contribution is 7.88. The van der Waals surface area contributed by atoms with Gasteiger partial charge in [-0.3, -0.25) is 4.79 Å². The lowest BCUT2D eigenvalue weighted by atomic mass is 10.1. The van der Waals surface area contributed by atoms with Crippen molar-refractivity contribution in [1.82, 2.24) is 9.46 Å². The minimum Gasteiger partial charge on any atom is -0.480 e. The number of carbonyl (C=O) groups is 1. The van der Waals surface area contributed by atoms with Crippen LogP contribution in [0.2, 0.25) is 0 Å². The number of nitrogens with zero attached hydrogens (tertiary/aromatic N) is 2. The zero-order chi connectivity index (χ0) is 14.0. The summed E-state index contributed by atoms with van der Waals surface area (Å²) >= 11 is 0. The van der Waals surface area contributed by atoms with Crippen LogP contribution in [0.15, 0.2) is 10.6 Å². The summed E-state index contributed by atoms with van der Waals surface area (Å²) in [7, 11) is -3.69. The third kappa shape index (κ3) is 3.13. The van der Waals surface area contributed by atoms with E-state index in [1.54, 1.807) is 6.92 Å². The fraction of sp³-hybridized carbons (Fsp3) is 0.636. The van der Waals surface area contributed by atoms with Gasteiger partial charge in [0, 0.05) is 12.6 Å². The number of hydrogen-bond donors (Lipinski definition) is 1. The number of aromatic nitrogens is 1. The van der Waals surface area contributed by atoms with Crippen LogP contribution in [0.4, 0.5) is 0 Å². The van der Waals surface area contributed by atoms with Crippen molar-refractivity contribution in [3.05, 3.63) is 17.5 Å². The average Bonchev–Trinajstić information content (AvgIpc) is 2.74. The van der Waals surface area contributed by atoms with Crippen LogP contribution >= 0.6 is 0 Å². The molecule has 1 aliphatic rings. The molecule has 1 saturated heterocycles. The number of sulfonamides is 1. The van der Waals surface area contributed by atoms with E-state index in [0.717, 1.165) is 10.7 Å². The predicted octanol–water partition coefficient (Wildman–Crippen LogP) is 0.752. The fourth-order valence-electron chi connectivity index (χ4n) is 2.24. The smallest absolute Gasteiger partial charge is 0.322 e. The van der Waals surface area contributed by atoms with Gasteiger partial charge in [-0.15, -0.1) is 0 Å². The van der Waals surface area contributed by atoms with Crippen molar-refractivity contribution < 1.29 is 22.8 Å². The Bertz CT molecular complexity index is 565. The van der Waals surface area contributed by atoms with Crippen LogP contribution in [-0.2, 0) is 20.6 Å². The first kappa shape index (κ1) is 14.0. The molecule has 2 heterocycles. The van der Waals surface area contributed by atoms with Crippen LogP contribution in [0.1, 0.15) is 30.7 Å². The molecule has 0 aromatic carbocycles. The van der Waals surface area contributed by atoms with Gasteiger partial charge >= 0.3 is 5.97 Å². The Balaban J connectivity index is 2.19. The van der Waals surface area contributed by atoms with Gasteiger partial charge in [0.25, 0.3) is 0 Å². The molecule has 8 heteroatoms. The maximum absolute atomic E-state index is 12.3. The number of hydrogen-bond acceptors (Lipinski definition) is 5. The molecule has 2 rings (SSSR count). The lowest BCUT2D eigenvalue weighted by Gasteiger charge is -2.31. The Morgan fingerprint density at radius 2 is 2.32 bits per heavy atom. The van der Waals surface area contributed by atoms with Crippen molar-refractivity contribution in [1.29, 1.82) is 0 Å². The molecular weight excluding hydrogens is 272 g/mol. The Labute approximate surface area is 111 Å². The highest BCUT2D eigenvalue weighted by Gasteiger charge is 2.37. The molecular formula is C11H16N2O5S. The van der Waals surface area contributed by atoms with E-state index >= 15 is 0 Å². The second kappa shape index (κ2) is 5.30. The van der Waals surface area contributed by atoms with E-state index < -0.39 is 22.0 Å². The van der Waals surface area contributed by atoms with E-state index in [9.17, 15) is 13.2 Å². The maximum Gasteiger partial charge on any atom is 0.322 e. The van der Waals surface area contributed by atoms with E-state index in [-0.39, 0.29) is 12.3 Å². The van der Waals surface area contributed by atoms with Crippen molar-refractivity contribution in [3.8, 4) is 0 Å². The zero-order valence-electron chi connectivity index (χ0n) is 10.6. The molecule has 0 spiro atoms. The number of aryl methyl sites for hydroxylation is 1. The summed E-state index contributed by atoms with van der Waals surface area (Å²) < 4.78 is 30.4. The number of rotatable bonds is 4. The van der Waals surface area contributed by atoms with Crippen molar-refractivity contribution in [3.63, 3.8) is 0 Å². The van der Waals surface area contributed by atoms with E-state index in [4.69, 9.17) is 9.63 Å². The predicted molar refractivity (Wildman–Crippen MR) is 65.8 cm³/mol. The van der Waals surface area contributed by atoms with Crippen LogP contribution in [0.5, 0.6) is 0 Å². The molecule has 0 saturated carbocycles. The lowest BCUT2D eigenvalue weighted by Crippen LogP contribution is -2.48. The molecule has 0 amide bonds. The Kier molecular flexibility index (Phi) is 3.91. The first-order valence-electron chi connectivity index (χ1n) is 6.04. The number of carboxylic acid groups (broad SMARTS) is 1. The molecule has 1 aromatic rings. The average molecular weight is 288 g/mol. The van der Waals surface area contributed by atoms with Gasteiger partial charge < -0.3 is 9.63 Å². The summed E-state index contributed by atoms with van der Waals surface area (Å²) in [5.41, 5.74) is 0.298. The first-order chi connectivity index (χ1) is 8.90. The molecule has 1 fully saturated rings. The van der Waals surface area contributed by atoms with E-state index in [0.29, 0.717) is 24.3 Å². The molecule has 0 unspecified atom stereocenters. The third-order valence-electron chi connectivity index (χ3n) is 3.10. The van der Waals surface area contributed by atoms with Crippen molar-refractivity contribution in [2.24, 2.45) is 0 Å². The highest BCUT2D eigenvalue weighted by atomic mass is 32.2. The second-order valence-electron chi connectivity index (χ2n) is 4.65. The summed E-state index contributed by atoms with van der Waals surface area (Å²) in [5.74, 6) is -0.896. The van der Waals surface area contributed by atoms with Crippen molar-refractivity contribution in [2.45, 2.75) is 38.0 Å². The highest BCUT2D eigenvalue weighted by Crippen LogP contribution is 2.23. The molecule has 0 radical (unpaired) electrons. The maximum atomic E-state index is 12.3. The Morgan fingerprint density at radius 3 is 2.89 bits per heavy atom. The van der Waals surface area contributed by atoms with Gasteiger partial charge in [-0.25, -0.2) is 8.42 Å². The fourth-order valence-corrected chi connectivity index (χ4v) is 3.91. The van der Waals surface area contributed by atoms with Gasteiger partial charge in [0.05, 0.1) is 0 Å². The van der Waals surface area contributed by atoms with Crippen LogP contribution in [0.3, 0.4) is 0 Å². The van der Waals surface area contributed by atoms with Crippen LogP contribution in [-0.4, -0.2) is 41.5 Å². The van der Waals surface area contributed by atoms with Gasteiger partial charge in [-0.2, -0.15) is 4.31 Å². The lowest BCUT2D eigenvalue weighted by molar-refractivity contribution is -0.142. The molecule has 106 valence electrons. The third-order valence-corrected chi connectivity index (χ3v) is 4.92. The molecule has 1 N–H and O–H groups in total. The number of aliphatic carboxylic acids is 1. The minimum atomic E-state index is -3.69. The molecule has 0 bridgehead atoms. The quantitative estimate of drug-likeness (QED) is 0.877. The monoisotopic (exact) mass is 288 g/mol. The molecule has 19 heavy (non-hydrogen) atoms. The summed E-state index contributed by atoms with van der Waals surface area (Å²) in [6.07, 6.45) is 1.76. The first-order valence-corrected chi connectivity index (χ1v) is 7.65. The van der Waals surface area contributed by atoms with Crippen LogP contribution < -0.4 is 0 Å². The van der Waals surface area contributed by atoms with E-state index in [2.05, 4.69) is 5.16 Å². The van der Waals surface area contributed by atoms with E-state index in [1.165, 1.54) is 6.07 Å². The molecule has 1 aromatic heterocycles. The second-order valence-corrected chi connectivity index (χ2v) is 6.57.